The maximum atomic E-state index is 12.3. The Morgan fingerprint density at radius 2 is 2.08 bits per heavy atom. The lowest BCUT2D eigenvalue weighted by Crippen LogP contribution is -2.35. The Morgan fingerprint density at radius 3 is 2.75 bits per heavy atom. The molecule has 0 radical (unpaired) electrons. The van der Waals surface area contributed by atoms with Crippen LogP contribution in [0.1, 0.15) is 50.8 Å². The maximum absolute atomic E-state index is 12.3. The molecule has 0 unspecified atom stereocenters. The molecule has 1 saturated heterocycles. The van der Waals surface area contributed by atoms with E-state index in [1.54, 1.807) is 17.2 Å². The molecule has 7 heteroatoms. The van der Waals surface area contributed by atoms with E-state index in [0.717, 1.165) is 6.42 Å². The summed E-state index contributed by atoms with van der Waals surface area (Å²) < 4.78 is 7.30. The fourth-order valence-corrected chi connectivity index (χ4v) is 2.97. The Balaban J connectivity index is 1.88. The van der Waals surface area contributed by atoms with Gasteiger partial charge in [-0.25, -0.2) is 14.8 Å². The zero-order chi connectivity index (χ0) is 17.5. The van der Waals surface area contributed by atoms with Crippen LogP contribution in [0.3, 0.4) is 0 Å². The van der Waals surface area contributed by atoms with E-state index < -0.39 is 5.60 Å². The van der Waals surface area contributed by atoms with Crippen LogP contribution in [-0.2, 0) is 4.74 Å². The number of nitrogens with zero attached hydrogens (tertiary/aromatic N) is 4. The van der Waals surface area contributed by atoms with Crippen molar-refractivity contribution in [3.05, 3.63) is 24.2 Å². The van der Waals surface area contributed by atoms with Crippen molar-refractivity contribution in [3.8, 4) is 0 Å². The molecule has 7 nitrogen and oxygen atoms in total. The first-order valence-electron chi connectivity index (χ1n) is 8.08. The number of fused-ring (bicyclic) bond motifs is 1. The van der Waals surface area contributed by atoms with Gasteiger partial charge in [0.2, 0.25) is 0 Å². The Kier molecular flexibility index (Phi) is 4.03. The van der Waals surface area contributed by atoms with Crippen LogP contribution in [0.5, 0.6) is 0 Å². The first kappa shape index (κ1) is 16.4. The van der Waals surface area contributed by atoms with Crippen LogP contribution in [0.2, 0.25) is 0 Å². The Bertz CT molecular complexity index is 791. The smallest absolute Gasteiger partial charge is 0.410 e. The maximum Gasteiger partial charge on any atom is 0.410 e. The number of likely N-dealkylation sites (tertiary alicyclic amines) is 1. The molecule has 3 rings (SSSR count). The summed E-state index contributed by atoms with van der Waals surface area (Å²) in [4.78, 5) is 34.7. The quantitative estimate of drug-likeness (QED) is 0.791. The fourth-order valence-electron chi connectivity index (χ4n) is 2.97. The Hall–Kier alpha value is -2.44. The van der Waals surface area contributed by atoms with E-state index >= 15 is 0 Å². The molecule has 0 aromatic carbocycles. The zero-order valence-electron chi connectivity index (χ0n) is 14.4. The summed E-state index contributed by atoms with van der Waals surface area (Å²) in [6, 6.07) is 3.60. The van der Waals surface area contributed by atoms with Crippen LogP contribution < -0.4 is 0 Å². The van der Waals surface area contributed by atoms with Crippen molar-refractivity contribution >= 4 is 23.0 Å². The summed E-state index contributed by atoms with van der Waals surface area (Å²) in [6.07, 6.45) is 2.10. The number of amides is 1. The molecule has 0 aliphatic carbocycles. The van der Waals surface area contributed by atoms with Gasteiger partial charge in [0.05, 0.1) is 6.04 Å². The third-order valence-electron chi connectivity index (χ3n) is 3.94. The van der Waals surface area contributed by atoms with E-state index in [2.05, 4.69) is 9.97 Å². The molecule has 0 spiro atoms. The number of Topliss-reactive ketones (excluding diaryl/α,β-unsaturated/α-hetero) is 1. The third-order valence-corrected chi connectivity index (χ3v) is 3.94. The molecule has 0 N–H and O–H groups in total. The predicted octanol–water partition coefficient (Wildman–Crippen LogP) is 2.82. The summed E-state index contributed by atoms with van der Waals surface area (Å²) in [7, 11) is 0. The molecule has 0 bridgehead atoms. The first-order chi connectivity index (χ1) is 11.3. The van der Waals surface area contributed by atoms with Crippen molar-refractivity contribution in [1.82, 2.24) is 19.4 Å². The first-order valence-corrected chi connectivity index (χ1v) is 8.08. The van der Waals surface area contributed by atoms with E-state index in [1.807, 2.05) is 31.4 Å². The van der Waals surface area contributed by atoms with E-state index in [9.17, 15) is 9.59 Å². The second-order valence-electron chi connectivity index (χ2n) is 7.08. The van der Waals surface area contributed by atoms with Crippen molar-refractivity contribution < 1.29 is 14.3 Å². The molecule has 128 valence electrons. The topological polar surface area (TPSA) is 77.3 Å². The Morgan fingerprint density at radius 1 is 1.33 bits per heavy atom. The summed E-state index contributed by atoms with van der Waals surface area (Å²) in [5, 5.41) is 0. The van der Waals surface area contributed by atoms with Gasteiger partial charge in [-0.1, -0.05) is 0 Å². The van der Waals surface area contributed by atoms with Gasteiger partial charge in [-0.15, -0.1) is 0 Å². The van der Waals surface area contributed by atoms with Gasteiger partial charge in [-0.05, 0) is 39.3 Å². The molecule has 1 atom stereocenters. The van der Waals surface area contributed by atoms with Gasteiger partial charge >= 0.3 is 6.09 Å². The average molecular weight is 330 g/mol. The molecule has 0 saturated carbocycles. The minimum Gasteiger partial charge on any atom is -0.444 e. The monoisotopic (exact) mass is 330 g/mol. The second-order valence-corrected chi connectivity index (χ2v) is 7.08. The van der Waals surface area contributed by atoms with E-state index in [4.69, 9.17) is 4.74 Å². The van der Waals surface area contributed by atoms with Crippen molar-refractivity contribution in [3.63, 3.8) is 0 Å². The van der Waals surface area contributed by atoms with Crippen molar-refractivity contribution in [1.29, 1.82) is 0 Å². The van der Waals surface area contributed by atoms with Crippen molar-refractivity contribution in [2.24, 2.45) is 0 Å². The van der Waals surface area contributed by atoms with Crippen LogP contribution in [-0.4, -0.2) is 50.0 Å². The largest absolute Gasteiger partial charge is 0.444 e. The summed E-state index contributed by atoms with van der Waals surface area (Å²) in [5.41, 5.74) is 0.848. The molecule has 1 fully saturated rings. The van der Waals surface area contributed by atoms with Gasteiger partial charge in [-0.2, -0.15) is 0 Å². The highest BCUT2D eigenvalue weighted by molar-refractivity contribution is 5.94. The lowest BCUT2D eigenvalue weighted by Gasteiger charge is -2.24. The second kappa shape index (κ2) is 5.89. The highest BCUT2D eigenvalue weighted by Crippen LogP contribution is 2.28. The SMILES string of the molecule is CC(=O)c1nc2cccnc2n1[C@H]1CCN(C(=O)OC(C)(C)C)C1. The van der Waals surface area contributed by atoms with Crippen LogP contribution in [0, 0.1) is 0 Å². The summed E-state index contributed by atoms with van der Waals surface area (Å²) >= 11 is 0. The molecule has 1 aliphatic heterocycles. The Labute approximate surface area is 140 Å². The number of hydrogen-bond acceptors (Lipinski definition) is 5. The average Bonchev–Trinajstić information content (AvgIpc) is 3.09. The van der Waals surface area contributed by atoms with Gasteiger partial charge < -0.3 is 14.2 Å². The van der Waals surface area contributed by atoms with Gasteiger partial charge in [0, 0.05) is 26.2 Å². The number of ether oxygens (including phenoxy) is 1. The molecule has 2 aromatic rings. The van der Waals surface area contributed by atoms with Gasteiger partial charge in [0.25, 0.3) is 0 Å². The third kappa shape index (κ3) is 3.11. The molecule has 1 amide bonds. The summed E-state index contributed by atoms with van der Waals surface area (Å²) in [6.45, 7) is 8.11. The van der Waals surface area contributed by atoms with Crippen molar-refractivity contribution in [2.75, 3.05) is 13.1 Å². The van der Waals surface area contributed by atoms with Crippen LogP contribution in [0.4, 0.5) is 4.79 Å². The number of rotatable bonds is 2. The fraction of sp³-hybridized carbons (Fsp3) is 0.529. The predicted molar refractivity (Wildman–Crippen MR) is 89.0 cm³/mol. The number of aromatic nitrogens is 3. The number of imidazole rings is 1. The molecular weight excluding hydrogens is 308 g/mol. The van der Waals surface area contributed by atoms with Crippen LogP contribution in [0.15, 0.2) is 18.3 Å². The minimum absolute atomic E-state index is 0.0312. The minimum atomic E-state index is -0.525. The molecular formula is C17H22N4O3. The number of hydrogen-bond donors (Lipinski definition) is 0. The number of carbonyl (C=O) groups excluding carboxylic acids is 2. The van der Waals surface area contributed by atoms with Crippen LogP contribution >= 0.6 is 0 Å². The zero-order valence-corrected chi connectivity index (χ0v) is 14.4. The number of ketones is 1. The van der Waals surface area contributed by atoms with E-state index in [0.29, 0.717) is 30.1 Å². The number of carbonyl (C=O) groups is 2. The standard InChI is InChI=1S/C17H22N4O3/c1-11(22)14-19-13-6-5-8-18-15(13)21(14)12-7-9-20(10-12)16(23)24-17(2,3)4/h5-6,8,12H,7,9-10H2,1-4H3/t12-/m0/s1. The van der Waals surface area contributed by atoms with Crippen LogP contribution in [0.25, 0.3) is 11.2 Å². The highest BCUT2D eigenvalue weighted by atomic mass is 16.6. The van der Waals surface area contributed by atoms with E-state index in [-0.39, 0.29) is 17.9 Å². The van der Waals surface area contributed by atoms with Crippen molar-refractivity contribution in [2.45, 2.75) is 45.8 Å². The lowest BCUT2D eigenvalue weighted by atomic mass is 10.2. The summed E-state index contributed by atoms with van der Waals surface area (Å²) in [5.74, 6) is 0.281. The van der Waals surface area contributed by atoms with Gasteiger partial charge in [0.15, 0.2) is 17.3 Å². The molecule has 1 aliphatic rings. The van der Waals surface area contributed by atoms with E-state index in [1.165, 1.54) is 6.92 Å². The van der Waals surface area contributed by atoms with Gasteiger partial charge in [-0.3, -0.25) is 4.79 Å². The highest BCUT2D eigenvalue weighted by Gasteiger charge is 2.33. The molecule has 2 aromatic heterocycles. The lowest BCUT2D eigenvalue weighted by molar-refractivity contribution is 0.0289. The molecule has 3 heterocycles. The normalized spacial score (nSPS) is 18.2. The van der Waals surface area contributed by atoms with Gasteiger partial charge in [0.1, 0.15) is 11.1 Å². The number of pyridine rings is 1. The molecule has 24 heavy (non-hydrogen) atoms.